The maximum Gasteiger partial charge on any atom is 0.155 e. The molecule has 1 fully saturated rings. The Balaban J connectivity index is 1.50. The lowest BCUT2D eigenvalue weighted by Gasteiger charge is -2.31. The molecule has 3 aromatic rings. The molecule has 6 heteroatoms. The first kappa shape index (κ1) is 13.5. The second kappa shape index (κ2) is 5.53. The molecule has 0 amide bonds. The smallest absolute Gasteiger partial charge is 0.155 e. The first-order chi connectivity index (χ1) is 10.8. The van der Waals surface area contributed by atoms with Gasteiger partial charge in [0.2, 0.25) is 0 Å². The highest BCUT2D eigenvalue weighted by molar-refractivity contribution is 5.73. The second-order valence-electron chi connectivity index (χ2n) is 6.05. The van der Waals surface area contributed by atoms with E-state index in [0.29, 0.717) is 5.92 Å². The van der Waals surface area contributed by atoms with Crippen molar-refractivity contribution in [3.8, 4) is 0 Å². The van der Waals surface area contributed by atoms with Gasteiger partial charge < -0.3 is 4.52 Å². The number of pyridine rings is 1. The minimum Gasteiger partial charge on any atom is -0.361 e. The Morgan fingerprint density at radius 3 is 3.23 bits per heavy atom. The number of rotatable bonds is 3. The number of hydrogen-bond donors (Lipinski definition) is 1. The zero-order valence-corrected chi connectivity index (χ0v) is 12.6. The van der Waals surface area contributed by atoms with Crippen LogP contribution in [-0.4, -0.2) is 38.3 Å². The first-order valence-electron chi connectivity index (χ1n) is 7.72. The molecule has 1 saturated heterocycles. The summed E-state index contributed by atoms with van der Waals surface area (Å²) in [6.07, 6.45) is 4.18. The van der Waals surface area contributed by atoms with Gasteiger partial charge in [-0.15, -0.1) is 0 Å². The van der Waals surface area contributed by atoms with Gasteiger partial charge in [0.05, 0.1) is 11.9 Å². The highest BCUT2D eigenvalue weighted by atomic mass is 16.5. The third kappa shape index (κ3) is 2.62. The van der Waals surface area contributed by atoms with Gasteiger partial charge in [-0.05, 0) is 38.4 Å². The van der Waals surface area contributed by atoms with E-state index in [1.807, 2.05) is 19.2 Å². The van der Waals surface area contributed by atoms with Gasteiger partial charge in [0.1, 0.15) is 5.76 Å². The van der Waals surface area contributed by atoms with Gasteiger partial charge in [-0.25, -0.2) is 4.98 Å². The van der Waals surface area contributed by atoms with Crippen LogP contribution in [-0.2, 0) is 6.54 Å². The molecular weight excluding hydrogens is 278 g/mol. The van der Waals surface area contributed by atoms with Crippen molar-refractivity contribution in [2.45, 2.75) is 32.2 Å². The molecule has 0 saturated carbocycles. The number of likely N-dealkylation sites (tertiary alicyclic amines) is 1. The molecule has 4 rings (SSSR count). The number of aromatic amines is 1. The molecule has 0 radical (unpaired) electrons. The molecule has 6 nitrogen and oxygen atoms in total. The summed E-state index contributed by atoms with van der Waals surface area (Å²) in [5.41, 5.74) is 3.04. The number of hydrogen-bond acceptors (Lipinski definition) is 5. The molecule has 114 valence electrons. The molecule has 0 aromatic carbocycles. The van der Waals surface area contributed by atoms with Crippen molar-refractivity contribution >= 4 is 11.0 Å². The monoisotopic (exact) mass is 297 g/mol. The normalized spacial score (nSPS) is 19.8. The lowest BCUT2D eigenvalue weighted by Crippen LogP contribution is -2.34. The van der Waals surface area contributed by atoms with Gasteiger partial charge in [0.25, 0.3) is 0 Å². The fourth-order valence-corrected chi connectivity index (χ4v) is 3.23. The summed E-state index contributed by atoms with van der Waals surface area (Å²) in [4.78, 5) is 7.16. The fourth-order valence-electron chi connectivity index (χ4n) is 3.23. The Labute approximate surface area is 128 Å². The maximum absolute atomic E-state index is 5.16. The number of nitrogens with one attached hydrogen (secondary N) is 1. The van der Waals surface area contributed by atoms with Crippen molar-refractivity contribution in [1.29, 1.82) is 0 Å². The number of piperidine rings is 1. The SMILES string of the molecule is Cc1cc(CN2CCCC(c3ccc4cn[nH]c4n3)C2)no1. The van der Waals surface area contributed by atoms with Crippen LogP contribution in [0.1, 0.15) is 35.9 Å². The van der Waals surface area contributed by atoms with Gasteiger partial charge >= 0.3 is 0 Å². The lowest BCUT2D eigenvalue weighted by atomic mass is 9.94. The first-order valence-corrected chi connectivity index (χ1v) is 7.72. The molecule has 22 heavy (non-hydrogen) atoms. The summed E-state index contributed by atoms with van der Waals surface area (Å²) in [7, 11) is 0. The minimum absolute atomic E-state index is 0.467. The average molecular weight is 297 g/mol. The van der Waals surface area contributed by atoms with Crippen LogP contribution in [0.3, 0.4) is 0 Å². The quantitative estimate of drug-likeness (QED) is 0.804. The largest absolute Gasteiger partial charge is 0.361 e. The molecular formula is C16H19N5O. The molecule has 1 N–H and O–H groups in total. The van der Waals surface area contributed by atoms with E-state index in [2.05, 4.69) is 32.4 Å². The Morgan fingerprint density at radius 1 is 1.41 bits per heavy atom. The predicted octanol–water partition coefficient (Wildman–Crippen LogP) is 2.63. The van der Waals surface area contributed by atoms with E-state index in [1.54, 1.807) is 0 Å². The predicted molar refractivity (Wildman–Crippen MR) is 82.4 cm³/mol. The molecule has 1 aliphatic heterocycles. The Hall–Kier alpha value is -2.21. The molecule has 4 heterocycles. The maximum atomic E-state index is 5.16. The van der Waals surface area contributed by atoms with Gasteiger partial charge in [-0.2, -0.15) is 5.10 Å². The van der Waals surface area contributed by atoms with Gasteiger partial charge in [-0.3, -0.25) is 10.00 Å². The van der Waals surface area contributed by atoms with Crippen molar-refractivity contribution in [2.24, 2.45) is 0 Å². The van der Waals surface area contributed by atoms with Crippen LogP contribution >= 0.6 is 0 Å². The Kier molecular flexibility index (Phi) is 3.38. The highest BCUT2D eigenvalue weighted by Crippen LogP contribution is 2.27. The van der Waals surface area contributed by atoms with Crippen molar-refractivity contribution in [3.05, 3.63) is 41.5 Å². The molecule has 0 bridgehead atoms. The standard InChI is InChI=1S/C16H19N5O/c1-11-7-14(20-22-11)10-21-6-2-3-13(9-21)15-5-4-12-8-17-19-16(12)18-15/h4-5,7-8,13H,2-3,6,9-10H2,1H3,(H,17,18,19). The summed E-state index contributed by atoms with van der Waals surface area (Å²) in [6.45, 7) is 4.90. The molecule has 1 atom stereocenters. The zero-order chi connectivity index (χ0) is 14.9. The number of aromatic nitrogens is 4. The van der Waals surface area contributed by atoms with Crippen molar-refractivity contribution in [1.82, 2.24) is 25.2 Å². The van der Waals surface area contributed by atoms with Crippen LogP contribution in [0.25, 0.3) is 11.0 Å². The van der Waals surface area contributed by atoms with Crippen molar-refractivity contribution in [3.63, 3.8) is 0 Å². The van der Waals surface area contributed by atoms with Crippen molar-refractivity contribution < 1.29 is 4.52 Å². The number of fused-ring (bicyclic) bond motifs is 1. The van der Waals surface area contributed by atoms with E-state index in [-0.39, 0.29) is 0 Å². The van der Waals surface area contributed by atoms with E-state index >= 15 is 0 Å². The number of H-pyrrole nitrogens is 1. The van der Waals surface area contributed by atoms with Crippen LogP contribution in [0, 0.1) is 6.92 Å². The van der Waals surface area contributed by atoms with Crippen LogP contribution < -0.4 is 0 Å². The molecule has 0 aliphatic carbocycles. The van der Waals surface area contributed by atoms with Gasteiger partial charge in [-0.1, -0.05) is 5.16 Å². The van der Waals surface area contributed by atoms with Crippen molar-refractivity contribution in [2.75, 3.05) is 13.1 Å². The topological polar surface area (TPSA) is 70.8 Å². The van der Waals surface area contributed by atoms with Gasteiger partial charge in [0.15, 0.2) is 5.65 Å². The molecule has 1 unspecified atom stereocenters. The van der Waals surface area contributed by atoms with Crippen LogP contribution in [0.5, 0.6) is 0 Å². The summed E-state index contributed by atoms with van der Waals surface area (Å²) >= 11 is 0. The minimum atomic E-state index is 0.467. The summed E-state index contributed by atoms with van der Waals surface area (Å²) in [5, 5.41) is 12.2. The third-order valence-corrected chi connectivity index (χ3v) is 4.31. The number of aryl methyl sites for hydroxylation is 1. The Morgan fingerprint density at radius 2 is 2.36 bits per heavy atom. The molecule has 1 aliphatic rings. The van der Waals surface area contributed by atoms with E-state index in [9.17, 15) is 0 Å². The Bertz CT molecular complexity index is 778. The van der Waals surface area contributed by atoms with Crippen LogP contribution in [0.2, 0.25) is 0 Å². The summed E-state index contributed by atoms with van der Waals surface area (Å²) in [6, 6.07) is 6.24. The van der Waals surface area contributed by atoms with E-state index < -0.39 is 0 Å². The van der Waals surface area contributed by atoms with Gasteiger partial charge in [0, 0.05) is 36.2 Å². The molecule has 0 spiro atoms. The summed E-state index contributed by atoms with van der Waals surface area (Å²) in [5.74, 6) is 1.34. The average Bonchev–Trinajstić information content (AvgIpc) is 3.15. The van der Waals surface area contributed by atoms with E-state index in [1.165, 1.54) is 12.8 Å². The second-order valence-corrected chi connectivity index (χ2v) is 6.05. The molecule has 3 aromatic heterocycles. The van der Waals surface area contributed by atoms with Crippen LogP contribution in [0.4, 0.5) is 0 Å². The number of nitrogens with zero attached hydrogens (tertiary/aromatic N) is 4. The lowest BCUT2D eigenvalue weighted by molar-refractivity contribution is 0.193. The fraction of sp³-hybridized carbons (Fsp3) is 0.438. The highest BCUT2D eigenvalue weighted by Gasteiger charge is 2.23. The third-order valence-electron chi connectivity index (χ3n) is 4.31. The van der Waals surface area contributed by atoms with Crippen LogP contribution in [0.15, 0.2) is 28.9 Å². The van der Waals surface area contributed by atoms with E-state index in [4.69, 9.17) is 9.51 Å². The summed E-state index contributed by atoms with van der Waals surface area (Å²) < 4.78 is 5.16. The van der Waals surface area contributed by atoms with E-state index in [0.717, 1.165) is 47.8 Å². The zero-order valence-electron chi connectivity index (χ0n) is 12.6.